The molecule has 44 valence electrons. The number of hydrogen-bond donors (Lipinski definition) is 0. The zero-order valence-corrected chi connectivity index (χ0v) is 5.05. The fourth-order valence-corrected chi connectivity index (χ4v) is 0.707. The number of ether oxygens (including phenoxy) is 1. The highest BCUT2D eigenvalue weighted by molar-refractivity contribution is 5.05. The smallest absolute Gasteiger partial charge is 0.103 e. The Morgan fingerprint density at radius 3 is 3.25 bits per heavy atom. The van der Waals surface area contributed by atoms with Crippen LogP contribution in [0, 0.1) is 0 Å². The Hall–Kier alpha value is -0.720. The molecule has 0 N–H and O–H groups in total. The van der Waals surface area contributed by atoms with Crippen molar-refractivity contribution in [3.63, 3.8) is 0 Å². The van der Waals surface area contributed by atoms with Crippen LogP contribution in [-0.2, 0) is 4.74 Å². The van der Waals surface area contributed by atoms with Crippen molar-refractivity contribution in [3.8, 4) is 0 Å². The predicted octanol–water partition coefficient (Wildman–Crippen LogP) is 2.21. The first-order valence-corrected chi connectivity index (χ1v) is 2.94. The number of rotatable bonds is 1. The third kappa shape index (κ3) is 1.12. The molecule has 1 heterocycles. The lowest BCUT2D eigenvalue weighted by molar-refractivity contribution is 0.365. The van der Waals surface area contributed by atoms with Crippen LogP contribution in [0.15, 0.2) is 24.2 Å². The van der Waals surface area contributed by atoms with Crippen LogP contribution in [0.1, 0.15) is 19.8 Å². The van der Waals surface area contributed by atoms with Gasteiger partial charge in [-0.05, 0) is 18.6 Å². The minimum absolute atomic E-state index is 0.980. The van der Waals surface area contributed by atoms with Crippen LogP contribution in [0.25, 0.3) is 0 Å². The maximum Gasteiger partial charge on any atom is 0.103 e. The van der Waals surface area contributed by atoms with Crippen molar-refractivity contribution in [2.75, 3.05) is 0 Å². The fourth-order valence-electron chi connectivity index (χ4n) is 0.707. The zero-order chi connectivity index (χ0) is 5.82. The molecule has 0 aromatic heterocycles. The Morgan fingerprint density at radius 1 is 1.88 bits per heavy atom. The van der Waals surface area contributed by atoms with Crippen LogP contribution < -0.4 is 0 Å². The molecule has 0 unspecified atom stereocenters. The summed E-state index contributed by atoms with van der Waals surface area (Å²) in [4.78, 5) is 0. The van der Waals surface area contributed by atoms with E-state index in [1.807, 2.05) is 6.08 Å². The van der Waals surface area contributed by atoms with Crippen molar-refractivity contribution in [2.45, 2.75) is 19.8 Å². The van der Waals surface area contributed by atoms with E-state index in [2.05, 4.69) is 13.0 Å². The quantitative estimate of drug-likeness (QED) is 0.503. The molecule has 0 aromatic carbocycles. The van der Waals surface area contributed by atoms with Crippen LogP contribution >= 0.6 is 0 Å². The molecule has 0 bridgehead atoms. The molecule has 0 fully saturated rings. The molecule has 1 aliphatic heterocycles. The van der Waals surface area contributed by atoms with Crippen molar-refractivity contribution < 1.29 is 4.74 Å². The maximum absolute atomic E-state index is 5.07. The molecule has 1 aliphatic rings. The monoisotopic (exact) mass is 110 g/mol. The van der Waals surface area contributed by atoms with Gasteiger partial charge in [-0.15, -0.1) is 0 Å². The van der Waals surface area contributed by atoms with Gasteiger partial charge in [-0.3, -0.25) is 0 Å². The average molecular weight is 110 g/mol. The van der Waals surface area contributed by atoms with Crippen LogP contribution in [0.4, 0.5) is 0 Å². The first-order valence-electron chi connectivity index (χ1n) is 2.94. The van der Waals surface area contributed by atoms with E-state index in [9.17, 15) is 0 Å². The summed E-state index contributed by atoms with van der Waals surface area (Å²) in [6.07, 6.45) is 7.90. The minimum Gasteiger partial charge on any atom is -0.470 e. The second-order valence-corrected chi connectivity index (χ2v) is 1.77. The fraction of sp³-hybridized carbons (Fsp3) is 0.429. The van der Waals surface area contributed by atoms with Gasteiger partial charge in [0.15, 0.2) is 0 Å². The molecule has 0 saturated carbocycles. The van der Waals surface area contributed by atoms with E-state index in [4.69, 9.17) is 4.74 Å². The Bertz CT molecular complexity index is 112. The molecule has 0 saturated heterocycles. The average Bonchev–Trinajstić information content (AvgIpc) is 2.19. The Kier molecular flexibility index (Phi) is 1.73. The van der Waals surface area contributed by atoms with Crippen molar-refractivity contribution in [1.82, 2.24) is 0 Å². The van der Waals surface area contributed by atoms with Gasteiger partial charge in [-0.1, -0.05) is 6.92 Å². The molecule has 0 atom stereocenters. The van der Waals surface area contributed by atoms with Gasteiger partial charge in [0.1, 0.15) is 5.76 Å². The Balaban J connectivity index is 2.39. The maximum atomic E-state index is 5.07. The van der Waals surface area contributed by atoms with Crippen LogP contribution in [-0.4, -0.2) is 0 Å². The van der Waals surface area contributed by atoms with Crippen molar-refractivity contribution >= 4 is 0 Å². The van der Waals surface area contributed by atoms with Gasteiger partial charge in [0.2, 0.25) is 0 Å². The summed E-state index contributed by atoms with van der Waals surface area (Å²) in [7, 11) is 0. The lowest BCUT2D eigenvalue weighted by atomic mass is 10.3. The minimum atomic E-state index is 0.980. The molecule has 0 aromatic rings. The summed E-state index contributed by atoms with van der Waals surface area (Å²) >= 11 is 0. The first kappa shape index (κ1) is 5.42. The van der Waals surface area contributed by atoms with Crippen molar-refractivity contribution in [2.24, 2.45) is 0 Å². The third-order valence-electron chi connectivity index (χ3n) is 1.07. The summed E-state index contributed by atoms with van der Waals surface area (Å²) in [5.41, 5.74) is 0. The predicted molar refractivity (Wildman–Crippen MR) is 33.2 cm³/mol. The number of allylic oxidation sites excluding steroid dienone is 2. The van der Waals surface area contributed by atoms with Crippen LogP contribution in [0.5, 0.6) is 0 Å². The van der Waals surface area contributed by atoms with Gasteiger partial charge < -0.3 is 4.74 Å². The number of hydrogen-bond acceptors (Lipinski definition) is 1. The summed E-state index contributed by atoms with van der Waals surface area (Å²) in [5, 5.41) is 0. The summed E-state index contributed by atoms with van der Waals surface area (Å²) in [6.45, 7) is 2.11. The van der Waals surface area contributed by atoms with E-state index < -0.39 is 0 Å². The molecule has 0 radical (unpaired) electrons. The molecule has 0 amide bonds. The van der Waals surface area contributed by atoms with E-state index in [0.29, 0.717) is 0 Å². The van der Waals surface area contributed by atoms with E-state index in [1.165, 1.54) is 0 Å². The summed E-state index contributed by atoms with van der Waals surface area (Å²) in [6, 6.07) is 0. The topological polar surface area (TPSA) is 9.23 Å². The molecule has 0 spiro atoms. The highest BCUT2D eigenvalue weighted by atomic mass is 16.5. The molecule has 1 rings (SSSR count). The highest BCUT2D eigenvalue weighted by Crippen LogP contribution is 2.12. The largest absolute Gasteiger partial charge is 0.470 e. The summed E-state index contributed by atoms with van der Waals surface area (Å²) < 4.78 is 5.07. The lowest BCUT2D eigenvalue weighted by Gasteiger charge is -1.92. The van der Waals surface area contributed by atoms with Crippen molar-refractivity contribution in [1.29, 1.82) is 0 Å². The molecule has 1 nitrogen and oxygen atoms in total. The SMILES string of the molecule is CC/C=C1\CC=CO1. The zero-order valence-electron chi connectivity index (χ0n) is 5.05. The van der Waals surface area contributed by atoms with Gasteiger partial charge in [0, 0.05) is 6.42 Å². The Labute approximate surface area is 49.7 Å². The van der Waals surface area contributed by atoms with E-state index in [0.717, 1.165) is 18.6 Å². The standard InChI is InChI=1S/C7H10O/c1-2-4-7-5-3-6-8-7/h3-4,6H,2,5H2,1H3/b7-4+. The molecule has 1 heteroatoms. The molecular formula is C7H10O. The lowest BCUT2D eigenvalue weighted by Crippen LogP contribution is -1.73. The first-order chi connectivity index (χ1) is 3.93. The van der Waals surface area contributed by atoms with Gasteiger partial charge in [0.05, 0.1) is 6.26 Å². The summed E-state index contributed by atoms with van der Waals surface area (Å²) in [5.74, 6) is 1.09. The Morgan fingerprint density at radius 2 is 2.75 bits per heavy atom. The molecule has 0 aliphatic carbocycles. The second kappa shape index (κ2) is 2.55. The van der Waals surface area contributed by atoms with Gasteiger partial charge >= 0.3 is 0 Å². The van der Waals surface area contributed by atoms with E-state index in [-0.39, 0.29) is 0 Å². The van der Waals surface area contributed by atoms with Gasteiger partial charge in [-0.2, -0.15) is 0 Å². The third-order valence-corrected chi connectivity index (χ3v) is 1.07. The van der Waals surface area contributed by atoms with Crippen LogP contribution in [0.3, 0.4) is 0 Å². The molecular weight excluding hydrogens is 100 g/mol. The van der Waals surface area contributed by atoms with E-state index >= 15 is 0 Å². The second-order valence-electron chi connectivity index (χ2n) is 1.77. The van der Waals surface area contributed by atoms with E-state index in [1.54, 1.807) is 6.26 Å². The normalized spacial score (nSPS) is 21.9. The van der Waals surface area contributed by atoms with Crippen LogP contribution in [0.2, 0.25) is 0 Å². The molecule has 8 heavy (non-hydrogen) atoms. The highest BCUT2D eigenvalue weighted by Gasteiger charge is 1.97. The van der Waals surface area contributed by atoms with Gasteiger partial charge in [0.25, 0.3) is 0 Å². The van der Waals surface area contributed by atoms with Gasteiger partial charge in [-0.25, -0.2) is 0 Å². The van der Waals surface area contributed by atoms with Crippen molar-refractivity contribution in [3.05, 3.63) is 24.2 Å².